The van der Waals surface area contributed by atoms with E-state index in [-0.39, 0.29) is 6.04 Å². The average Bonchev–Trinajstić information content (AvgIpc) is 2.15. The Balaban J connectivity index is 2.55. The highest BCUT2D eigenvalue weighted by Gasteiger charge is 2.04. The largest absolute Gasteiger partial charge is 0.488 e. The van der Waals surface area contributed by atoms with Gasteiger partial charge in [-0.05, 0) is 24.6 Å². The van der Waals surface area contributed by atoms with Crippen LogP contribution in [0.5, 0.6) is 5.75 Å². The molecule has 2 nitrogen and oxygen atoms in total. The van der Waals surface area contributed by atoms with Crippen LogP contribution in [0.2, 0.25) is 0 Å². The van der Waals surface area contributed by atoms with Crippen LogP contribution in [0.15, 0.2) is 24.3 Å². The van der Waals surface area contributed by atoms with E-state index in [9.17, 15) is 8.78 Å². The molecule has 0 fully saturated rings. The van der Waals surface area contributed by atoms with E-state index in [4.69, 9.17) is 10.5 Å². The summed E-state index contributed by atoms with van der Waals surface area (Å²) >= 11 is 0. The second-order valence-corrected chi connectivity index (χ2v) is 3.06. The lowest BCUT2D eigenvalue weighted by Crippen LogP contribution is -2.07. The van der Waals surface area contributed by atoms with Crippen LogP contribution in [0, 0.1) is 0 Å². The van der Waals surface area contributed by atoms with Crippen molar-refractivity contribution in [2.45, 2.75) is 19.4 Å². The summed E-state index contributed by atoms with van der Waals surface area (Å²) in [5, 5.41) is 0. The zero-order valence-corrected chi connectivity index (χ0v) is 7.91. The van der Waals surface area contributed by atoms with E-state index in [1.807, 2.05) is 6.92 Å². The van der Waals surface area contributed by atoms with E-state index < -0.39 is 13.0 Å². The minimum Gasteiger partial charge on any atom is -0.488 e. The molecule has 0 unspecified atom stereocenters. The molecule has 2 N–H and O–H groups in total. The summed E-state index contributed by atoms with van der Waals surface area (Å²) < 4.78 is 28.4. The van der Waals surface area contributed by atoms with Gasteiger partial charge < -0.3 is 10.5 Å². The third-order valence-corrected chi connectivity index (χ3v) is 1.78. The van der Waals surface area contributed by atoms with Crippen molar-refractivity contribution in [3.05, 3.63) is 29.8 Å². The summed E-state index contributed by atoms with van der Waals surface area (Å²) in [6.07, 6.45) is -2.44. The van der Waals surface area contributed by atoms with Crippen molar-refractivity contribution in [2.75, 3.05) is 6.61 Å². The Morgan fingerprint density at radius 3 is 2.29 bits per heavy atom. The van der Waals surface area contributed by atoms with Crippen LogP contribution in [0.3, 0.4) is 0 Å². The van der Waals surface area contributed by atoms with Crippen molar-refractivity contribution in [3.63, 3.8) is 0 Å². The third-order valence-electron chi connectivity index (χ3n) is 1.78. The number of nitrogens with two attached hydrogens (primary N) is 1. The average molecular weight is 201 g/mol. The Bertz CT molecular complexity index is 272. The van der Waals surface area contributed by atoms with Crippen molar-refractivity contribution >= 4 is 0 Å². The zero-order chi connectivity index (χ0) is 10.6. The molecule has 0 spiro atoms. The maximum Gasteiger partial charge on any atom is 0.272 e. The lowest BCUT2D eigenvalue weighted by Gasteiger charge is -2.08. The Morgan fingerprint density at radius 2 is 1.86 bits per heavy atom. The molecule has 0 aliphatic rings. The van der Waals surface area contributed by atoms with E-state index in [1.165, 1.54) is 0 Å². The minimum absolute atomic E-state index is 0.0563. The van der Waals surface area contributed by atoms with Crippen molar-refractivity contribution < 1.29 is 13.5 Å². The lowest BCUT2D eigenvalue weighted by molar-refractivity contribution is 0.0819. The first kappa shape index (κ1) is 10.9. The topological polar surface area (TPSA) is 35.2 Å². The molecular formula is C10H13F2NO. The number of benzene rings is 1. The van der Waals surface area contributed by atoms with E-state index in [0.29, 0.717) is 5.75 Å². The summed E-state index contributed by atoms with van der Waals surface area (Å²) in [6, 6.07) is 6.76. The van der Waals surface area contributed by atoms with Crippen LogP contribution >= 0.6 is 0 Å². The van der Waals surface area contributed by atoms with Gasteiger partial charge in [-0.3, -0.25) is 0 Å². The minimum atomic E-state index is -2.44. The summed E-state index contributed by atoms with van der Waals surface area (Å²) in [5.74, 6) is 0.440. The van der Waals surface area contributed by atoms with Gasteiger partial charge in [-0.25, -0.2) is 8.78 Å². The maximum atomic E-state index is 11.8. The van der Waals surface area contributed by atoms with Gasteiger partial charge in [0.15, 0.2) is 0 Å². The van der Waals surface area contributed by atoms with Crippen molar-refractivity contribution in [2.24, 2.45) is 5.73 Å². The van der Waals surface area contributed by atoms with Crippen LogP contribution in [0.4, 0.5) is 8.78 Å². The van der Waals surface area contributed by atoms with Gasteiger partial charge in [0.05, 0.1) is 0 Å². The first-order valence-corrected chi connectivity index (χ1v) is 4.36. The van der Waals surface area contributed by atoms with Gasteiger partial charge in [-0.1, -0.05) is 12.1 Å². The Labute approximate surface area is 81.7 Å². The van der Waals surface area contributed by atoms with Gasteiger partial charge in [0, 0.05) is 6.04 Å². The van der Waals surface area contributed by atoms with Crippen LogP contribution < -0.4 is 10.5 Å². The Hall–Kier alpha value is -1.16. The molecule has 0 saturated carbocycles. The molecule has 1 aromatic carbocycles. The Kier molecular flexibility index (Phi) is 3.83. The van der Waals surface area contributed by atoms with Crippen molar-refractivity contribution in [1.29, 1.82) is 0 Å². The summed E-state index contributed by atoms with van der Waals surface area (Å²) in [4.78, 5) is 0. The molecule has 1 atom stereocenters. The summed E-state index contributed by atoms with van der Waals surface area (Å²) in [6.45, 7) is 1.28. The standard InChI is InChI=1S/C10H13F2NO/c1-7(13)8-2-4-9(5-3-8)14-6-10(11)12/h2-5,7,10H,6,13H2,1H3/t7-/m1/s1. The molecule has 0 amide bonds. The fraction of sp³-hybridized carbons (Fsp3) is 0.400. The number of ether oxygens (including phenoxy) is 1. The van der Waals surface area contributed by atoms with E-state index in [0.717, 1.165) is 5.56 Å². The van der Waals surface area contributed by atoms with Crippen LogP contribution in [0.25, 0.3) is 0 Å². The number of rotatable bonds is 4. The summed E-state index contributed by atoms with van der Waals surface area (Å²) in [5.41, 5.74) is 6.58. The molecule has 0 saturated heterocycles. The third kappa shape index (κ3) is 3.30. The van der Waals surface area contributed by atoms with Crippen molar-refractivity contribution in [1.82, 2.24) is 0 Å². The van der Waals surface area contributed by atoms with E-state index in [1.54, 1.807) is 24.3 Å². The fourth-order valence-electron chi connectivity index (χ4n) is 1.03. The first-order chi connectivity index (χ1) is 6.59. The molecule has 4 heteroatoms. The first-order valence-electron chi connectivity index (χ1n) is 4.36. The molecule has 78 valence electrons. The van der Waals surface area contributed by atoms with Crippen molar-refractivity contribution in [3.8, 4) is 5.75 Å². The van der Waals surface area contributed by atoms with Gasteiger partial charge in [-0.15, -0.1) is 0 Å². The lowest BCUT2D eigenvalue weighted by atomic mass is 10.1. The molecule has 0 aliphatic heterocycles. The van der Waals surface area contributed by atoms with Gasteiger partial charge in [0.1, 0.15) is 12.4 Å². The van der Waals surface area contributed by atoms with Gasteiger partial charge in [-0.2, -0.15) is 0 Å². The monoisotopic (exact) mass is 201 g/mol. The molecule has 0 aliphatic carbocycles. The van der Waals surface area contributed by atoms with Gasteiger partial charge >= 0.3 is 0 Å². The molecule has 0 radical (unpaired) electrons. The van der Waals surface area contributed by atoms with Gasteiger partial charge in [0.2, 0.25) is 0 Å². The Morgan fingerprint density at radius 1 is 1.29 bits per heavy atom. The summed E-state index contributed by atoms with van der Waals surface area (Å²) in [7, 11) is 0. The molecule has 1 aromatic rings. The highest BCUT2D eigenvalue weighted by Crippen LogP contribution is 2.16. The van der Waals surface area contributed by atoms with Crippen LogP contribution in [-0.2, 0) is 0 Å². The predicted molar refractivity (Wildman–Crippen MR) is 50.5 cm³/mol. The predicted octanol–water partition coefficient (Wildman–Crippen LogP) is 2.35. The van der Waals surface area contributed by atoms with E-state index >= 15 is 0 Å². The second kappa shape index (κ2) is 4.91. The normalized spacial score (nSPS) is 12.9. The maximum absolute atomic E-state index is 11.8. The number of hydrogen-bond acceptors (Lipinski definition) is 2. The second-order valence-electron chi connectivity index (χ2n) is 3.06. The highest BCUT2D eigenvalue weighted by molar-refractivity contribution is 5.28. The van der Waals surface area contributed by atoms with E-state index in [2.05, 4.69) is 0 Å². The molecular weight excluding hydrogens is 188 g/mol. The molecule has 0 bridgehead atoms. The highest BCUT2D eigenvalue weighted by atomic mass is 19.3. The van der Waals surface area contributed by atoms with Crippen LogP contribution in [0.1, 0.15) is 18.5 Å². The zero-order valence-electron chi connectivity index (χ0n) is 7.91. The fourth-order valence-corrected chi connectivity index (χ4v) is 1.03. The van der Waals surface area contributed by atoms with Crippen LogP contribution in [-0.4, -0.2) is 13.0 Å². The quantitative estimate of drug-likeness (QED) is 0.811. The molecule has 0 aromatic heterocycles. The molecule has 1 rings (SSSR count). The number of halogens is 2. The van der Waals surface area contributed by atoms with Gasteiger partial charge in [0.25, 0.3) is 6.43 Å². The molecule has 14 heavy (non-hydrogen) atoms. The number of alkyl halides is 2. The number of hydrogen-bond donors (Lipinski definition) is 1. The smallest absolute Gasteiger partial charge is 0.272 e. The molecule has 0 heterocycles. The SMILES string of the molecule is C[C@@H](N)c1ccc(OCC(F)F)cc1.